The first-order valence-electron chi connectivity index (χ1n) is 8.14. The average Bonchev–Trinajstić information content (AvgIpc) is 2.61. The molecule has 0 bridgehead atoms. The maximum absolute atomic E-state index is 13.5. The molecule has 2 N–H and O–H groups in total. The lowest BCUT2D eigenvalue weighted by atomic mass is 9.89. The van der Waals surface area contributed by atoms with E-state index >= 15 is 0 Å². The lowest BCUT2D eigenvalue weighted by molar-refractivity contribution is -0.147. The highest BCUT2D eigenvalue weighted by molar-refractivity contribution is 6.30. The number of ether oxygens (including phenoxy) is 1. The van der Waals surface area contributed by atoms with Crippen molar-refractivity contribution in [3.05, 3.63) is 29.0 Å². The Morgan fingerprint density at radius 2 is 1.92 bits per heavy atom. The zero-order valence-corrected chi connectivity index (χ0v) is 14.4. The van der Waals surface area contributed by atoms with Gasteiger partial charge in [0.25, 0.3) is 5.91 Å². The molecule has 6 nitrogen and oxygen atoms in total. The van der Waals surface area contributed by atoms with Crippen LogP contribution in [0.3, 0.4) is 0 Å². The summed E-state index contributed by atoms with van der Waals surface area (Å²) >= 11 is 5.72. The lowest BCUT2D eigenvalue weighted by Crippen LogP contribution is -2.36. The van der Waals surface area contributed by atoms with Crippen molar-refractivity contribution in [2.45, 2.75) is 32.1 Å². The molecule has 136 valence electrons. The minimum absolute atomic E-state index is 0.0596. The van der Waals surface area contributed by atoms with E-state index in [1.165, 1.54) is 12.1 Å². The van der Waals surface area contributed by atoms with Crippen LogP contribution in [-0.4, -0.2) is 30.9 Å². The number of halogens is 2. The molecule has 1 fully saturated rings. The van der Waals surface area contributed by atoms with Crippen molar-refractivity contribution in [2.75, 3.05) is 18.5 Å². The van der Waals surface area contributed by atoms with Crippen LogP contribution < -0.4 is 10.6 Å². The molecule has 1 aliphatic carbocycles. The van der Waals surface area contributed by atoms with Crippen LogP contribution >= 0.6 is 11.6 Å². The van der Waals surface area contributed by atoms with E-state index in [0.717, 1.165) is 38.2 Å². The Morgan fingerprint density at radius 3 is 2.64 bits per heavy atom. The van der Waals surface area contributed by atoms with Crippen LogP contribution in [0.5, 0.6) is 0 Å². The standard InChI is InChI=1S/C17H20ClFN2O4/c18-12-6-7-13(19)14(8-12)21-15(22)10-25-16(23)9-20-17(24)11-4-2-1-3-5-11/h6-8,11H,1-5,9-10H2,(H,20,24)(H,21,22). The molecule has 25 heavy (non-hydrogen) atoms. The van der Waals surface area contributed by atoms with Gasteiger partial charge in [0.1, 0.15) is 12.4 Å². The topological polar surface area (TPSA) is 84.5 Å². The number of hydrogen-bond donors (Lipinski definition) is 2. The Bertz CT molecular complexity index is 648. The summed E-state index contributed by atoms with van der Waals surface area (Å²) in [5, 5.41) is 5.04. The Labute approximate surface area is 150 Å². The Hall–Kier alpha value is -2.15. The number of amides is 2. The van der Waals surface area contributed by atoms with E-state index in [-0.39, 0.29) is 29.1 Å². The van der Waals surface area contributed by atoms with Gasteiger partial charge in [0.15, 0.2) is 6.61 Å². The molecule has 2 amide bonds. The first kappa shape index (κ1) is 19.2. The summed E-state index contributed by atoms with van der Waals surface area (Å²) in [7, 11) is 0. The summed E-state index contributed by atoms with van der Waals surface area (Å²) in [6, 6.07) is 3.72. The number of carbonyl (C=O) groups excluding carboxylic acids is 3. The van der Waals surface area contributed by atoms with Crippen LogP contribution in [0.25, 0.3) is 0 Å². The molecule has 0 heterocycles. The number of nitrogens with one attached hydrogen (secondary N) is 2. The minimum atomic E-state index is -0.731. The molecule has 1 saturated carbocycles. The number of rotatable bonds is 6. The van der Waals surface area contributed by atoms with E-state index in [1.54, 1.807) is 0 Å². The highest BCUT2D eigenvalue weighted by atomic mass is 35.5. The van der Waals surface area contributed by atoms with Gasteiger partial charge < -0.3 is 15.4 Å². The van der Waals surface area contributed by atoms with Gasteiger partial charge in [0.05, 0.1) is 5.69 Å². The van der Waals surface area contributed by atoms with Gasteiger partial charge in [-0.1, -0.05) is 30.9 Å². The van der Waals surface area contributed by atoms with Gasteiger partial charge in [0.2, 0.25) is 5.91 Å². The Kier molecular flexibility index (Phi) is 7.18. The summed E-state index contributed by atoms with van der Waals surface area (Å²) < 4.78 is 18.2. The van der Waals surface area contributed by atoms with E-state index in [9.17, 15) is 18.8 Å². The molecule has 0 unspecified atom stereocenters. The van der Waals surface area contributed by atoms with Gasteiger partial charge in [-0.3, -0.25) is 14.4 Å². The van der Waals surface area contributed by atoms with E-state index < -0.39 is 24.3 Å². The molecule has 2 rings (SSSR count). The fourth-order valence-corrected chi connectivity index (χ4v) is 2.82. The van der Waals surface area contributed by atoms with Crippen molar-refractivity contribution in [1.29, 1.82) is 0 Å². The third-order valence-corrected chi connectivity index (χ3v) is 4.18. The maximum Gasteiger partial charge on any atom is 0.325 e. The average molecular weight is 371 g/mol. The summed E-state index contributed by atoms with van der Waals surface area (Å²) in [5.74, 6) is -2.31. The predicted molar refractivity (Wildman–Crippen MR) is 90.6 cm³/mol. The first-order valence-corrected chi connectivity index (χ1v) is 8.51. The molecular weight excluding hydrogens is 351 g/mol. The van der Waals surface area contributed by atoms with Gasteiger partial charge in [-0.05, 0) is 31.0 Å². The normalized spacial score (nSPS) is 14.6. The fourth-order valence-electron chi connectivity index (χ4n) is 2.65. The van der Waals surface area contributed by atoms with Crippen molar-refractivity contribution in [3.63, 3.8) is 0 Å². The number of benzene rings is 1. The van der Waals surface area contributed by atoms with Crippen LogP contribution in [-0.2, 0) is 19.1 Å². The second-order valence-corrected chi connectivity index (χ2v) is 6.32. The molecule has 1 aromatic carbocycles. The van der Waals surface area contributed by atoms with Crippen molar-refractivity contribution in [3.8, 4) is 0 Å². The van der Waals surface area contributed by atoms with E-state index in [2.05, 4.69) is 10.6 Å². The molecule has 0 aliphatic heterocycles. The molecule has 0 aromatic heterocycles. The van der Waals surface area contributed by atoms with Crippen LogP contribution in [0.2, 0.25) is 5.02 Å². The summed E-state index contributed by atoms with van der Waals surface area (Å²) in [6.07, 6.45) is 4.82. The van der Waals surface area contributed by atoms with Gasteiger partial charge in [0, 0.05) is 10.9 Å². The molecule has 0 spiro atoms. The minimum Gasteiger partial charge on any atom is -0.454 e. The zero-order valence-electron chi connectivity index (χ0n) is 13.6. The second-order valence-electron chi connectivity index (χ2n) is 5.89. The maximum atomic E-state index is 13.5. The summed E-state index contributed by atoms with van der Waals surface area (Å²) in [6.45, 7) is -0.877. The van der Waals surface area contributed by atoms with Crippen molar-refractivity contribution >= 4 is 35.1 Å². The number of anilines is 1. The SMILES string of the molecule is O=C(COC(=O)CNC(=O)C1CCCCC1)Nc1cc(Cl)ccc1F. The second kappa shape index (κ2) is 9.36. The molecular formula is C17H20ClFN2O4. The molecule has 8 heteroatoms. The Morgan fingerprint density at radius 1 is 1.20 bits per heavy atom. The third kappa shape index (κ3) is 6.34. The summed E-state index contributed by atoms with van der Waals surface area (Å²) in [4.78, 5) is 35.2. The smallest absolute Gasteiger partial charge is 0.325 e. The van der Waals surface area contributed by atoms with Gasteiger partial charge in [-0.2, -0.15) is 0 Å². The van der Waals surface area contributed by atoms with Gasteiger partial charge in [-0.15, -0.1) is 0 Å². The monoisotopic (exact) mass is 370 g/mol. The number of esters is 1. The van der Waals surface area contributed by atoms with Crippen molar-refractivity contribution < 1.29 is 23.5 Å². The van der Waals surface area contributed by atoms with Crippen molar-refractivity contribution in [1.82, 2.24) is 5.32 Å². The van der Waals surface area contributed by atoms with E-state index in [4.69, 9.17) is 16.3 Å². The zero-order chi connectivity index (χ0) is 18.2. The van der Waals surface area contributed by atoms with Crippen LogP contribution in [0.15, 0.2) is 18.2 Å². The lowest BCUT2D eigenvalue weighted by Gasteiger charge is -2.20. The van der Waals surface area contributed by atoms with Crippen LogP contribution in [0.4, 0.5) is 10.1 Å². The Balaban J connectivity index is 1.69. The molecule has 1 aliphatic rings. The highest BCUT2D eigenvalue weighted by Crippen LogP contribution is 2.23. The van der Waals surface area contributed by atoms with E-state index in [0.29, 0.717) is 0 Å². The number of hydrogen-bond acceptors (Lipinski definition) is 4. The number of carbonyl (C=O) groups is 3. The van der Waals surface area contributed by atoms with Crippen LogP contribution in [0, 0.1) is 11.7 Å². The van der Waals surface area contributed by atoms with E-state index in [1.807, 2.05) is 0 Å². The highest BCUT2D eigenvalue weighted by Gasteiger charge is 2.21. The third-order valence-electron chi connectivity index (χ3n) is 3.95. The quantitative estimate of drug-likeness (QED) is 0.754. The molecule has 1 aromatic rings. The summed E-state index contributed by atoms with van der Waals surface area (Å²) in [5.41, 5.74) is -0.0980. The largest absolute Gasteiger partial charge is 0.454 e. The fraction of sp³-hybridized carbons (Fsp3) is 0.471. The first-order chi connectivity index (χ1) is 12.0. The van der Waals surface area contributed by atoms with Gasteiger partial charge >= 0.3 is 5.97 Å². The van der Waals surface area contributed by atoms with Crippen LogP contribution in [0.1, 0.15) is 32.1 Å². The van der Waals surface area contributed by atoms with Gasteiger partial charge in [-0.25, -0.2) is 4.39 Å². The van der Waals surface area contributed by atoms with Crippen molar-refractivity contribution in [2.24, 2.45) is 5.92 Å². The molecule has 0 radical (unpaired) electrons. The molecule has 0 atom stereocenters. The molecule has 0 saturated heterocycles. The predicted octanol–water partition coefficient (Wildman–Crippen LogP) is 2.66.